The van der Waals surface area contributed by atoms with Crippen LogP contribution in [0, 0.1) is 0 Å². The molecule has 8 nitrogen and oxygen atoms in total. The number of anilines is 1. The van der Waals surface area contributed by atoms with Gasteiger partial charge >= 0.3 is 0 Å². The van der Waals surface area contributed by atoms with Crippen molar-refractivity contribution in [3.8, 4) is 0 Å². The van der Waals surface area contributed by atoms with Gasteiger partial charge in [-0.3, -0.25) is 18.8 Å². The number of nitrogens with zero attached hydrogens (tertiary/aromatic N) is 5. The molecule has 1 aliphatic heterocycles. The third-order valence-corrected chi connectivity index (χ3v) is 5.52. The fourth-order valence-corrected chi connectivity index (χ4v) is 3.83. The topological polar surface area (TPSA) is 85.0 Å². The van der Waals surface area contributed by atoms with Crippen molar-refractivity contribution < 1.29 is 4.79 Å². The van der Waals surface area contributed by atoms with Crippen molar-refractivity contribution in [3.63, 3.8) is 0 Å². The summed E-state index contributed by atoms with van der Waals surface area (Å²) in [6.07, 6.45) is 6.67. The van der Waals surface area contributed by atoms with E-state index in [1.165, 1.54) is 46.7 Å². The Labute approximate surface area is 169 Å². The zero-order valence-electron chi connectivity index (χ0n) is 16.8. The molecule has 2 aromatic heterocycles. The number of hydrogen-bond donors (Lipinski definition) is 1. The lowest BCUT2D eigenvalue weighted by Gasteiger charge is -2.29. The van der Waals surface area contributed by atoms with Crippen LogP contribution in [-0.4, -0.2) is 38.3 Å². The quantitative estimate of drug-likeness (QED) is 0.715. The lowest BCUT2D eigenvalue weighted by Crippen LogP contribution is -2.34. The molecular formula is C21H26N6O2. The van der Waals surface area contributed by atoms with E-state index in [0.717, 1.165) is 18.7 Å². The number of piperidine rings is 1. The van der Waals surface area contributed by atoms with E-state index in [4.69, 9.17) is 0 Å². The molecule has 1 atom stereocenters. The Bertz CT molecular complexity index is 1060. The second kappa shape index (κ2) is 8.06. The Kier molecular flexibility index (Phi) is 5.33. The smallest absolute Gasteiger partial charge is 0.264 e. The summed E-state index contributed by atoms with van der Waals surface area (Å²) in [5.74, 6) is -0.232. The third-order valence-electron chi connectivity index (χ3n) is 5.52. The van der Waals surface area contributed by atoms with Gasteiger partial charge in [0.15, 0.2) is 5.65 Å². The van der Waals surface area contributed by atoms with E-state index >= 15 is 0 Å². The maximum Gasteiger partial charge on any atom is 0.264 e. The summed E-state index contributed by atoms with van der Waals surface area (Å²) in [6, 6.07) is 8.21. The van der Waals surface area contributed by atoms with Crippen molar-refractivity contribution in [3.05, 3.63) is 52.7 Å². The SMILES string of the molecule is C[C@@H](NC(=O)Cn1cnc2c(cnn2C)c1=O)c1ccc(N2CCCCC2)cc1. The van der Waals surface area contributed by atoms with Gasteiger partial charge in [-0.05, 0) is 43.9 Å². The van der Waals surface area contributed by atoms with Gasteiger partial charge < -0.3 is 10.2 Å². The van der Waals surface area contributed by atoms with Gasteiger partial charge in [-0.2, -0.15) is 5.10 Å². The summed E-state index contributed by atoms with van der Waals surface area (Å²) in [5, 5.41) is 7.41. The van der Waals surface area contributed by atoms with Gasteiger partial charge in [0, 0.05) is 25.8 Å². The first-order chi connectivity index (χ1) is 14.0. The minimum Gasteiger partial charge on any atom is -0.372 e. The first-order valence-electron chi connectivity index (χ1n) is 10.0. The average molecular weight is 394 g/mol. The summed E-state index contributed by atoms with van der Waals surface area (Å²) in [6.45, 7) is 4.08. The zero-order valence-corrected chi connectivity index (χ0v) is 16.8. The monoisotopic (exact) mass is 394 g/mol. The van der Waals surface area contributed by atoms with Crippen LogP contribution >= 0.6 is 0 Å². The van der Waals surface area contributed by atoms with Crippen LogP contribution in [0.5, 0.6) is 0 Å². The summed E-state index contributed by atoms with van der Waals surface area (Å²) in [5.41, 5.74) is 2.51. The molecule has 0 saturated carbocycles. The minimum atomic E-state index is -0.267. The average Bonchev–Trinajstić information content (AvgIpc) is 3.12. The van der Waals surface area contributed by atoms with E-state index in [2.05, 4.69) is 44.6 Å². The van der Waals surface area contributed by atoms with Gasteiger partial charge in [0.1, 0.15) is 18.3 Å². The summed E-state index contributed by atoms with van der Waals surface area (Å²) in [4.78, 5) is 31.6. The van der Waals surface area contributed by atoms with Crippen molar-refractivity contribution in [1.29, 1.82) is 0 Å². The van der Waals surface area contributed by atoms with E-state index in [1.54, 1.807) is 7.05 Å². The molecule has 0 spiro atoms. The fraction of sp³-hybridized carbons (Fsp3) is 0.429. The molecule has 1 saturated heterocycles. The predicted molar refractivity (Wildman–Crippen MR) is 112 cm³/mol. The van der Waals surface area contributed by atoms with Crippen LogP contribution in [0.25, 0.3) is 11.0 Å². The van der Waals surface area contributed by atoms with Crippen LogP contribution in [0.3, 0.4) is 0 Å². The fourth-order valence-electron chi connectivity index (χ4n) is 3.83. The van der Waals surface area contributed by atoms with Crippen molar-refractivity contribution in [2.75, 3.05) is 18.0 Å². The van der Waals surface area contributed by atoms with Crippen molar-refractivity contribution in [2.45, 2.75) is 38.8 Å². The molecule has 1 fully saturated rings. The predicted octanol–water partition coefficient (Wildman–Crippen LogP) is 2.00. The standard InChI is InChI=1S/C21H26N6O2/c1-15(16-6-8-17(9-7-16)26-10-4-3-5-11-26)24-19(28)13-27-14-22-20-18(21(27)29)12-23-25(20)2/h6-9,12,14-15H,3-5,10-11,13H2,1-2H3,(H,24,28)/t15-/m1/s1. The highest BCUT2D eigenvalue weighted by molar-refractivity contribution is 5.77. The van der Waals surface area contributed by atoms with E-state index in [1.807, 2.05) is 6.92 Å². The number of fused-ring (bicyclic) bond motifs is 1. The summed E-state index contributed by atoms with van der Waals surface area (Å²) in [7, 11) is 1.73. The van der Waals surface area contributed by atoms with Gasteiger partial charge in [-0.25, -0.2) is 4.98 Å². The second-order valence-corrected chi connectivity index (χ2v) is 7.61. The lowest BCUT2D eigenvalue weighted by molar-refractivity contribution is -0.122. The number of carbonyl (C=O) groups is 1. The van der Waals surface area contributed by atoms with E-state index in [9.17, 15) is 9.59 Å². The molecule has 3 aromatic rings. The molecule has 4 rings (SSSR count). The maximum absolute atomic E-state index is 12.5. The largest absolute Gasteiger partial charge is 0.372 e. The second-order valence-electron chi connectivity index (χ2n) is 7.61. The molecule has 1 N–H and O–H groups in total. The highest BCUT2D eigenvalue weighted by Crippen LogP contribution is 2.22. The van der Waals surface area contributed by atoms with Crippen molar-refractivity contribution in [2.24, 2.45) is 7.05 Å². The Hall–Kier alpha value is -3.16. The molecule has 0 bridgehead atoms. The van der Waals surface area contributed by atoms with Gasteiger partial charge in [-0.15, -0.1) is 0 Å². The van der Waals surface area contributed by atoms with E-state index in [-0.39, 0.29) is 24.1 Å². The molecule has 0 aliphatic carbocycles. The van der Waals surface area contributed by atoms with Crippen LogP contribution in [0.4, 0.5) is 5.69 Å². The molecular weight excluding hydrogens is 368 g/mol. The molecule has 3 heterocycles. The van der Waals surface area contributed by atoms with Crippen molar-refractivity contribution >= 4 is 22.6 Å². The molecule has 152 valence electrons. The van der Waals surface area contributed by atoms with Crippen molar-refractivity contribution in [1.82, 2.24) is 24.6 Å². The van der Waals surface area contributed by atoms with Gasteiger partial charge in [0.2, 0.25) is 5.91 Å². The van der Waals surface area contributed by atoms with E-state index < -0.39 is 0 Å². The summed E-state index contributed by atoms with van der Waals surface area (Å²) < 4.78 is 2.85. The number of rotatable bonds is 5. The van der Waals surface area contributed by atoms with Gasteiger partial charge in [0.05, 0.1) is 12.2 Å². The Morgan fingerprint density at radius 1 is 1.17 bits per heavy atom. The molecule has 0 radical (unpaired) electrons. The van der Waals surface area contributed by atoms with Gasteiger partial charge in [-0.1, -0.05) is 12.1 Å². The first kappa shape index (κ1) is 19.2. The lowest BCUT2D eigenvalue weighted by atomic mass is 10.1. The number of aryl methyl sites for hydroxylation is 1. The van der Waals surface area contributed by atoms with Crippen LogP contribution in [0.1, 0.15) is 37.8 Å². The molecule has 1 amide bonds. The maximum atomic E-state index is 12.5. The van der Waals surface area contributed by atoms with Crippen LogP contribution < -0.4 is 15.8 Å². The first-order valence-corrected chi connectivity index (χ1v) is 10.0. The summed E-state index contributed by atoms with van der Waals surface area (Å²) >= 11 is 0. The van der Waals surface area contributed by atoms with Crippen LogP contribution in [-0.2, 0) is 18.4 Å². The minimum absolute atomic E-state index is 0.0765. The van der Waals surface area contributed by atoms with E-state index in [0.29, 0.717) is 11.0 Å². The Balaban J connectivity index is 1.40. The highest BCUT2D eigenvalue weighted by Gasteiger charge is 2.15. The number of nitrogens with one attached hydrogen (secondary N) is 1. The Morgan fingerprint density at radius 2 is 1.90 bits per heavy atom. The van der Waals surface area contributed by atoms with Crippen LogP contribution in [0.2, 0.25) is 0 Å². The highest BCUT2D eigenvalue weighted by atomic mass is 16.2. The molecule has 1 aliphatic rings. The number of aromatic nitrogens is 4. The normalized spacial score (nSPS) is 15.4. The van der Waals surface area contributed by atoms with Crippen LogP contribution in [0.15, 0.2) is 41.6 Å². The number of amides is 1. The molecule has 1 aromatic carbocycles. The number of carbonyl (C=O) groups excluding carboxylic acids is 1. The molecule has 8 heteroatoms. The third kappa shape index (κ3) is 4.01. The number of hydrogen-bond acceptors (Lipinski definition) is 5. The molecule has 29 heavy (non-hydrogen) atoms. The zero-order chi connectivity index (χ0) is 20.4. The molecule has 0 unspecified atom stereocenters. The Morgan fingerprint density at radius 3 is 2.62 bits per heavy atom. The number of benzene rings is 1. The van der Waals surface area contributed by atoms with Gasteiger partial charge in [0.25, 0.3) is 5.56 Å².